The van der Waals surface area contributed by atoms with Crippen LogP contribution in [0, 0.1) is 31.1 Å². The first-order valence-corrected chi connectivity index (χ1v) is 10.3. The molecule has 0 saturated carbocycles. The van der Waals surface area contributed by atoms with Gasteiger partial charge in [-0.05, 0) is 0 Å². The summed E-state index contributed by atoms with van der Waals surface area (Å²) in [6, 6.07) is 0. The molecule has 0 nitrogen and oxygen atoms in total. The zero-order valence-corrected chi connectivity index (χ0v) is 22.0. The van der Waals surface area contributed by atoms with Crippen LogP contribution in [0.25, 0.3) is 0 Å². The van der Waals surface area contributed by atoms with Crippen LogP contribution in [-0.4, -0.2) is 23.0 Å². The van der Waals surface area contributed by atoms with E-state index in [1.807, 2.05) is 0 Å². The van der Waals surface area contributed by atoms with E-state index < -0.39 is 0 Å². The van der Waals surface area contributed by atoms with Gasteiger partial charge < -0.3 is 50.5 Å². The van der Waals surface area contributed by atoms with Crippen LogP contribution in [0.15, 0.2) is 0 Å². The van der Waals surface area contributed by atoms with E-state index in [1.165, 1.54) is 51.4 Å². The van der Waals surface area contributed by atoms with E-state index in [4.69, 9.17) is 0 Å². The molecule has 0 aromatic carbocycles. The molecule has 21 heavy (non-hydrogen) atoms. The van der Waals surface area contributed by atoms with Crippen molar-refractivity contribution >= 4 is 50.5 Å². The predicted molar refractivity (Wildman–Crippen MR) is 109 cm³/mol. The molecule has 0 spiro atoms. The third-order valence-corrected chi connectivity index (χ3v) is 3.15. The average molecular weight is 595 g/mol. The molecule has 0 atom stereocenters. The van der Waals surface area contributed by atoms with Crippen molar-refractivity contribution in [1.29, 1.82) is 0 Å². The van der Waals surface area contributed by atoms with Crippen LogP contribution >= 0.6 is 0 Å². The van der Waals surface area contributed by atoms with Crippen molar-refractivity contribution in [3.63, 3.8) is 0 Å². The second-order valence-electron chi connectivity index (χ2n) is 4.23. The Kier molecular flexibility index (Phi) is 81.8. The molecule has 0 aliphatic heterocycles. The normalized spacial score (nSPS) is 8.00. The minimum Gasteiger partial charge on any atom is -0.793 e. The quantitative estimate of drug-likeness (QED) is 0.348. The second kappa shape index (κ2) is 49.5. The van der Waals surface area contributed by atoms with E-state index in [1.54, 1.807) is 0 Å². The summed E-state index contributed by atoms with van der Waals surface area (Å²) in [4.78, 5) is 0. The van der Waals surface area contributed by atoms with E-state index in [9.17, 15) is 0 Å². The van der Waals surface area contributed by atoms with Gasteiger partial charge in [0.1, 0.15) is 0 Å². The molecule has 0 aromatic heterocycles. The fourth-order valence-electron chi connectivity index (χ4n) is 0.577. The molecular formula is C16H36S4U. The molecular weight excluding hydrogens is 558 g/mol. The van der Waals surface area contributed by atoms with Crippen LogP contribution in [0.3, 0.4) is 0 Å². The van der Waals surface area contributed by atoms with Crippen molar-refractivity contribution in [2.24, 2.45) is 0 Å². The number of hydrogen-bond donors (Lipinski definition) is 0. The number of unbranched alkanes of at least 4 members (excludes halogenated alkanes) is 4. The van der Waals surface area contributed by atoms with E-state index >= 15 is 0 Å². The topological polar surface area (TPSA) is 0 Å². The molecule has 0 radical (unpaired) electrons. The van der Waals surface area contributed by atoms with Gasteiger partial charge in [0.15, 0.2) is 0 Å². The van der Waals surface area contributed by atoms with Gasteiger partial charge in [0.25, 0.3) is 0 Å². The standard InChI is InChI=1S/4C4H10S.U/c4*1-2-3-4-5;/h4*5H,2-4H2,1H3;/q;;;;+4/p-4. The first-order chi connectivity index (χ1) is 9.66. The molecule has 0 aliphatic rings. The molecule has 0 amide bonds. The largest absolute Gasteiger partial charge is 4.00 e. The molecule has 0 N–H and O–H groups in total. The summed E-state index contributed by atoms with van der Waals surface area (Å²) < 4.78 is 0. The fraction of sp³-hybridized carbons (Fsp3) is 1.00. The molecule has 0 aliphatic carbocycles. The Labute approximate surface area is 182 Å². The summed E-state index contributed by atoms with van der Waals surface area (Å²) in [5, 5.41) is 0. The Bertz CT molecular complexity index is 74.3. The van der Waals surface area contributed by atoms with Crippen LogP contribution < -0.4 is 0 Å². The molecule has 0 bridgehead atoms. The summed E-state index contributed by atoms with van der Waals surface area (Å²) in [5.74, 6) is 3.71. The second-order valence-corrected chi connectivity index (χ2v) is 5.86. The molecule has 0 unspecified atom stereocenters. The van der Waals surface area contributed by atoms with Gasteiger partial charge in [0, 0.05) is 0 Å². The summed E-state index contributed by atoms with van der Waals surface area (Å²) in [6.07, 6.45) is 9.77. The molecule has 5 heteroatoms. The Morgan fingerprint density at radius 1 is 0.429 bits per heavy atom. The van der Waals surface area contributed by atoms with Gasteiger partial charge in [-0.25, -0.2) is 0 Å². The van der Waals surface area contributed by atoms with Gasteiger partial charge in [-0.1, -0.05) is 79.1 Å². The third-order valence-electron chi connectivity index (χ3n) is 1.99. The fourth-order valence-corrected chi connectivity index (χ4v) is 1.73. The van der Waals surface area contributed by atoms with Crippen molar-refractivity contribution in [1.82, 2.24) is 0 Å². The van der Waals surface area contributed by atoms with E-state index in [0.29, 0.717) is 0 Å². The van der Waals surface area contributed by atoms with E-state index in [-0.39, 0.29) is 31.1 Å². The van der Waals surface area contributed by atoms with Crippen LogP contribution in [0.1, 0.15) is 79.1 Å². The van der Waals surface area contributed by atoms with Crippen LogP contribution in [-0.2, 0) is 50.5 Å². The minimum atomic E-state index is 0. The van der Waals surface area contributed by atoms with E-state index in [2.05, 4.69) is 78.2 Å². The van der Waals surface area contributed by atoms with Crippen molar-refractivity contribution in [2.45, 2.75) is 79.1 Å². The molecule has 0 rings (SSSR count). The van der Waals surface area contributed by atoms with Crippen LogP contribution in [0.2, 0.25) is 0 Å². The van der Waals surface area contributed by atoms with Crippen molar-refractivity contribution in [2.75, 3.05) is 23.0 Å². The molecule has 128 valence electrons. The van der Waals surface area contributed by atoms with Crippen molar-refractivity contribution in [3.8, 4) is 0 Å². The first kappa shape index (κ1) is 34.7. The van der Waals surface area contributed by atoms with Gasteiger partial charge in [0.2, 0.25) is 0 Å². The van der Waals surface area contributed by atoms with Crippen molar-refractivity contribution < 1.29 is 31.1 Å². The average Bonchev–Trinajstić information content (AvgIpc) is 2.44. The zero-order chi connectivity index (χ0) is 16.5. The number of rotatable bonds is 8. The van der Waals surface area contributed by atoms with Gasteiger partial charge >= 0.3 is 31.1 Å². The summed E-state index contributed by atoms with van der Waals surface area (Å²) >= 11 is 18.6. The molecule has 0 fully saturated rings. The van der Waals surface area contributed by atoms with Gasteiger partial charge in [0.05, 0.1) is 0 Å². The molecule has 0 aromatic rings. The molecule has 0 heterocycles. The molecule has 0 saturated heterocycles. The Hall–Kier alpha value is 2.45. The summed E-state index contributed by atoms with van der Waals surface area (Å²) in [5.41, 5.74) is 0. The summed E-state index contributed by atoms with van der Waals surface area (Å²) in [6.45, 7) is 8.58. The van der Waals surface area contributed by atoms with E-state index in [0.717, 1.165) is 23.0 Å². The minimum absolute atomic E-state index is 0. The Morgan fingerprint density at radius 2 is 0.571 bits per heavy atom. The maximum absolute atomic E-state index is 4.65. The maximum Gasteiger partial charge on any atom is 4.00 e. The van der Waals surface area contributed by atoms with Gasteiger partial charge in [-0.3, -0.25) is 0 Å². The third kappa shape index (κ3) is 86.0. The monoisotopic (exact) mass is 594 g/mol. The Balaban J connectivity index is -0.0000000533. The van der Waals surface area contributed by atoms with Crippen LogP contribution in [0.4, 0.5) is 0 Å². The number of hydrogen-bond acceptors (Lipinski definition) is 4. The van der Waals surface area contributed by atoms with Crippen molar-refractivity contribution in [3.05, 3.63) is 0 Å². The Morgan fingerprint density at radius 3 is 0.571 bits per heavy atom. The SMILES string of the molecule is CCCC[S-].CCCC[S-].CCCC[S-].CCCC[S-].[U+4]. The maximum atomic E-state index is 4.65. The first-order valence-electron chi connectivity index (χ1n) is 7.98. The zero-order valence-electron chi connectivity index (χ0n) is 14.6. The predicted octanol–water partition coefficient (Wildman–Crippen LogP) is 5.33. The van der Waals surface area contributed by atoms with Crippen LogP contribution in [0.5, 0.6) is 0 Å². The van der Waals surface area contributed by atoms with Gasteiger partial charge in [-0.15, -0.1) is 0 Å². The smallest absolute Gasteiger partial charge is 0.793 e. The summed E-state index contributed by atoms with van der Waals surface area (Å²) in [7, 11) is 0. The van der Waals surface area contributed by atoms with Gasteiger partial charge in [-0.2, -0.15) is 23.0 Å².